The van der Waals surface area contributed by atoms with Gasteiger partial charge in [-0.1, -0.05) is 12.1 Å². The molecule has 2 aromatic rings. The van der Waals surface area contributed by atoms with Crippen LogP contribution in [0.1, 0.15) is 62.6 Å². The Labute approximate surface area is 173 Å². The number of piperidine rings is 1. The molecule has 5 nitrogen and oxygen atoms in total. The summed E-state index contributed by atoms with van der Waals surface area (Å²) in [5, 5.41) is 14.7. The van der Waals surface area contributed by atoms with Crippen molar-refractivity contribution in [1.29, 1.82) is 0 Å². The van der Waals surface area contributed by atoms with Gasteiger partial charge in [-0.2, -0.15) is 0 Å². The predicted molar refractivity (Wildman–Crippen MR) is 115 cm³/mol. The SMILES string of the molecule is CC(C)n1cc2c3c(cccc31)[C@H]1C[C@@H](C(=O)NC3CCCC3O)CN(C)[C@@H]1C2. The molecule has 1 aromatic heterocycles. The van der Waals surface area contributed by atoms with E-state index >= 15 is 0 Å². The number of aromatic nitrogens is 1. The zero-order valence-corrected chi connectivity index (χ0v) is 17.8. The number of hydrogen-bond acceptors (Lipinski definition) is 3. The quantitative estimate of drug-likeness (QED) is 0.839. The number of likely N-dealkylation sites (tertiary alicyclic amines) is 1. The van der Waals surface area contributed by atoms with Gasteiger partial charge in [0.15, 0.2) is 0 Å². The highest BCUT2D eigenvalue weighted by Crippen LogP contribution is 2.45. The minimum Gasteiger partial charge on any atom is -0.391 e. The van der Waals surface area contributed by atoms with E-state index in [1.807, 2.05) is 0 Å². The molecule has 2 fully saturated rings. The van der Waals surface area contributed by atoms with Crippen LogP contribution >= 0.6 is 0 Å². The van der Waals surface area contributed by atoms with Gasteiger partial charge in [-0.3, -0.25) is 4.79 Å². The summed E-state index contributed by atoms with van der Waals surface area (Å²) in [6, 6.07) is 7.53. The van der Waals surface area contributed by atoms with Gasteiger partial charge in [-0.25, -0.2) is 0 Å². The summed E-state index contributed by atoms with van der Waals surface area (Å²) in [5.74, 6) is 0.495. The van der Waals surface area contributed by atoms with Crippen LogP contribution in [0, 0.1) is 5.92 Å². The lowest BCUT2D eigenvalue weighted by Gasteiger charge is -2.45. The molecule has 1 saturated heterocycles. The number of benzene rings is 1. The van der Waals surface area contributed by atoms with E-state index in [-0.39, 0.29) is 24.0 Å². The Morgan fingerprint density at radius 1 is 1.28 bits per heavy atom. The number of nitrogens with one attached hydrogen (secondary N) is 1. The lowest BCUT2D eigenvalue weighted by Crippen LogP contribution is -2.53. The van der Waals surface area contributed by atoms with E-state index in [0.29, 0.717) is 18.0 Å². The van der Waals surface area contributed by atoms with E-state index < -0.39 is 0 Å². The molecule has 2 N–H and O–H groups in total. The minimum atomic E-state index is -0.380. The van der Waals surface area contributed by atoms with Gasteiger partial charge in [-0.05, 0) is 70.2 Å². The van der Waals surface area contributed by atoms with Gasteiger partial charge in [0.25, 0.3) is 0 Å². The van der Waals surface area contributed by atoms with Crippen molar-refractivity contribution in [3.05, 3.63) is 35.5 Å². The molecule has 5 heteroatoms. The highest BCUT2D eigenvalue weighted by molar-refractivity contribution is 5.89. The normalized spacial score (nSPS) is 32.0. The van der Waals surface area contributed by atoms with E-state index in [1.54, 1.807) is 0 Å². The van der Waals surface area contributed by atoms with Crippen molar-refractivity contribution in [3.63, 3.8) is 0 Å². The minimum absolute atomic E-state index is 0.0157. The zero-order valence-electron chi connectivity index (χ0n) is 17.8. The van der Waals surface area contributed by atoms with E-state index in [4.69, 9.17) is 0 Å². The fourth-order valence-electron chi connectivity index (χ4n) is 6.10. The Kier molecular flexibility index (Phi) is 4.71. The van der Waals surface area contributed by atoms with Crippen LogP contribution in [-0.4, -0.2) is 52.3 Å². The van der Waals surface area contributed by atoms with Crippen molar-refractivity contribution in [3.8, 4) is 0 Å². The number of rotatable bonds is 3. The molecule has 5 atom stereocenters. The molecule has 1 aliphatic heterocycles. The third-order valence-electron chi connectivity index (χ3n) is 7.61. The summed E-state index contributed by atoms with van der Waals surface area (Å²) in [6.07, 6.45) is 6.63. The fourth-order valence-corrected chi connectivity index (χ4v) is 6.10. The Balaban J connectivity index is 1.45. The molecule has 2 unspecified atom stereocenters. The average Bonchev–Trinajstić information content (AvgIpc) is 3.27. The Morgan fingerprint density at radius 3 is 2.83 bits per heavy atom. The van der Waals surface area contributed by atoms with Crippen molar-refractivity contribution in [2.45, 2.75) is 76.1 Å². The number of aliphatic hydroxyl groups excluding tert-OH is 1. The number of amides is 1. The van der Waals surface area contributed by atoms with Crippen molar-refractivity contribution in [2.24, 2.45) is 5.92 Å². The number of carbonyl (C=O) groups is 1. The summed E-state index contributed by atoms with van der Waals surface area (Å²) in [6.45, 7) is 5.28. The summed E-state index contributed by atoms with van der Waals surface area (Å²) in [7, 11) is 2.17. The molecule has 2 heterocycles. The second-order valence-electron chi connectivity index (χ2n) is 9.76. The monoisotopic (exact) mass is 395 g/mol. The van der Waals surface area contributed by atoms with Crippen LogP contribution in [0.3, 0.4) is 0 Å². The first-order chi connectivity index (χ1) is 13.9. The van der Waals surface area contributed by atoms with Gasteiger partial charge in [0.2, 0.25) is 5.91 Å². The van der Waals surface area contributed by atoms with Crippen LogP contribution in [-0.2, 0) is 11.2 Å². The number of hydrogen-bond donors (Lipinski definition) is 2. The van der Waals surface area contributed by atoms with E-state index in [0.717, 1.165) is 38.6 Å². The fraction of sp³-hybridized carbons (Fsp3) is 0.625. The van der Waals surface area contributed by atoms with E-state index in [9.17, 15) is 9.90 Å². The Morgan fingerprint density at radius 2 is 2.10 bits per heavy atom. The topological polar surface area (TPSA) is 57.5 Å². The molecule has 2 aliphatic carbocycles. The van der Waals surface area contributed by atoms with E-state index in [1.165, 1.54) is 22.0 Å². The number of likely N-dealkylation sites (N-methyl/N-ethyl adjacent to an activating group) is 1. The first kappa shape index (κ1) is 19.1. The smallest absolute Gasteiger partial charge is 0.224 e. The Hall–Kier alpha value is -1.85. The van der Waals surface area contributed by atoms with Crippen LogP contribution in [0.15, 0.2) is 24.4 Å². The number of aliphatic hydroxyl groups is 1. The average molecular weight is 396 g/mol. The maximum absolute atomic E-state index is 13.0. The third kappa shape index (κ3) is 3.10. The van der Waals surface area contributed by atoms with Gasteiger partial charge in [0.1, 0.15) is 0 Å². The molecule has 29 heavy (non-hydrogen) atoms. The van der Waals surface area contributed by atoms with Crippen molar-refractivity contribution in [2.75, 3.05) is 13.6 Å². The van der Waals surface area contributed by atoms with Gasteiger partial charge in [0.05, 0.1) is 18.1 Å². The molecule has 3 aliphatic rings. The predicted octanol–water partition coefficient (Wildman–Crippen LogP) is 3.21. The number of fused-ring (bicyclic) bond motifs is 2. The van der Waals surface area contributed by atoms with Crippen LogP contribution in [0.5, 0.6) is 0 Å². The molecule has 156 valence electrons. The van der Waals surface area contributed by atoms with E-state index in [2.05, 4.69) is 60.1 Å². The van der Waals surface area contributed by atoms with Crippen LogP contribution in [0.25, 0.3) is 10.9 Å². The molecule has 1 aromatic carbocycles. The summed E-state index contributed by atoms with van der Waals surface area (Å²) in [4.78, 5) is 15.4. The number of carbonyl (C=O) groups excluding carboxylic acids is 1. The Bertz CT molecular complexity index is 934. The highest BCUT2D eigenvalue weighted by atomic mass is 16.3. The molecular formula is C24H33N3O2. The first-order valence-electron chi connectivity index (χ1n) is 11.2. The number of nitrogens with zero attached hydrogens (tertiary/aromatic N) is 2. The second kappa shape index (κ2) is 7.13. The lowest BCUT2D eigenvalue weighted by molar-refractivity contribution is -0.128. The highest BCUT2D eigenvalue weighted by Gasteiger charge is 2.42. The maximum Gasteiger partial charge on any atom is 0.224 e. The molecule has 0 bridgehead atoms. The zero-order chi connectivity index (χ0) is 20.3. The largest absolute Gasteiger partial charge is 0.391 e. The second-order valence-corrected chi connectivity index (χ2v) is 9.76. The van der Waals surface area contributed by atoms with Gasteiger partial charge in [0, 0.05) is 41.6 Å². The maximum atomic E-state index is 13.0. The molecule has 0 radical (unpaired) electrons. The van der Waals surface area contributed by atoms with Crippen molar-refractivity contribution in [1.82, 2.24) is 14.8 Å². The summed E-state index contributed by atoms with van der Waals surface area (Å²) < 4.78 is 2.40. The molecule has 5 rings (SSSR count). The van der Waals surface area contributed by atoms with Crippen molar-refractivity contribution >= 4 is 16.8 Å². The lowest BCUT2D eigenvalue weighted by atomic mass is 9.72. The summed E-state index contributed by atoms with van der Waals surface area (Å²) in [5.41, 5.74) is 4.20. The third-order valence-corrected chi connectivity index (χ3v) is 7.61. The van der Waals surface area contributed by atoms with Gasteiger partial charge >= 0.3 is 0 Å². The first-order valence-corrected chi connectivity index (χ1v) is 11.2. The standard InChI is InChI=1S/C24H33N3O2/c1-14(2)27-13-15-11-21-18(17-6-4-8-20(27)23(15)17)10-16(12-26(21)3)24(29)25-19-7-5-9-22(19)28/h4,6,8,13-14,16,18-19,21-22,28H,5,7,9-12H2,1-3H3,(H,25,29)/t16-,18-,19?,21-,22?/m1/s1. The van der Waals surface area contributed by atoms with Gasteiger partial charge < -0.3 is 19.9 Å². The van der Waals surface area contributed by atoms with Crippen LogP contribution in [0.4, 0.5) is 0 Å². The summed E-state index contributed by atoms with van der Waals surface area (Å²) >= 11 is 0. The molecule has 1 saturated carbocycles. The van der Waals surface area contributed by atoms with Gasteiger partial charge in [-0.15, -0.1) is 0 Å². The van der Waals surface area contributed by atoms with Crippen LogP contribution in [0.2, 0.25) is 0 Å². The van der Waals surface area contributed by atoms with Crippen molar-refractivity contribution < 1.29 is 9.90 Å². The molecule has 0 spiro atoms. The molecule has 1 amide bonds. The van der Waals surface area contributed by atoms with Crippen LogP contribution < -0.4 is 5.32 Å². The molecular weight excluding hydrogens is 362 g/mol.